The molecule has 0 aromatic rings. The number of hydrogen-bond acceptors (Lipinski definition) is 8. The summed E-state index contributed by atoms with van der Waals surface area (Å²) in [4.78, 5) is 29.0. The van der Waals surface area contributed by atoms with Gasteiger partial charge in [-0.15, -0.1) is 0 Å². The summed E-state index contributed by atoms with van der Waals surface area (Å²) in [5, 5.41) is 41.6. The number of nitrogens with zero attached hydrogens (tertiary/aromatic N) is 1. The number of carboxylic acids is 1. The van der Waals surface area contributed by atoms with Crippen molar-refractivity contribution in [3.05, 3.63) is 35.8 Å². The van der Waals surface area contributed by atoms with Gasteiger partial charge in [-0.05, 0) is 57.1 Å². The molecule has 0 amide bonds. The Morgan fingerprint density at radius 1 is 1.43 bits per heavy atom. The van der Waals surface area contributed by atoms with Crippen molar-refractivity contribution >= 4 is 23.6 Å². The second-order valence-corrected chi connectivity index (χ2v) is 9.02. The zero-order chi connectivity index (χ0) is 26.0. The van der Waals surface area contributed by atoms with Crippen molar-refractivity contribution in [3.8, 4) is 0 Å². The van der Waals surface area contributed by atoms with Crippen LogP contribution in [0.1, 0.15) is 71.1 Å². The van der Waals surface area contributed by atoms with Gasteiger partial charge in [-0.1, -0.05) is 17.8 Å². The lowest BCUT2D eigenvalue weighted by Gasteiger charge is -2.26. The number of carbonyl (C=O) groups is 2. The highest BCUT2D eigenvalue weighted by Gasteiger charge is 2.40. The molecular weight excluding hydrogens is 456 g/mol. The van der Waals surface area contributed by atoms with Crippen molar-refractivity contribution in [3.63, 3.8) is 0 Å². The molecule has 1 unspecified atom stereocenters. The van der Waals surface area contributed by atoms with Crippen molar-refractivity contribution in [2.24, 2.45) is 16.8 Å². The number of oxime groups is 1. The normalized spacial score (nSPS) is 22.2. The number of carbonyl (C=O) groups excluding carboxylic acids is 1. The molecule has 0 fully saturated rings. The summed E-state index contributed by atoms with van der Waals surface area (Å²) in [5.41, 5.74) is 6.62. The predicted molar refractivity (Wildman–Crippen MR) is 129 cm³/mol. The summed E-state index contributed by atoms with van der Waals surface area (Å²) < 4.78 is 5.47. The van der Waals surface area contributed by atoms with Crippen LogP contribution in [0.25, 0.3) is 0 Å². The van der Waals surface area contributed by atoms with Gasteiger partial charge < -0.3 is 35.9 Å². The summed E-state index contributed by atoms with van der Waals surface area (Å²) in [6, 6.07) is 0. The quantitative estimate of drug-likeness (QED) is 0.0737. The fourth-order valence-corrected chi connectivity index (χ4v) is 4.04. The molecule has 11 nitrogen and oxygen atoms in total. The van der Waals surface area contributed by atoms with Crippen LogP contribution in [-0.2, 0) is 19.2 Å². The van der Waals surface area contributed by atoms with Gasteiger partial charge in [0.1, 0.15) is 11.4 Å². The number of carboxylic acid groups (broad SMARTS) is 1. The van der Waals surface area contributed by atoms with E-state index in [2.05, 4.69) is 17.1 Å². The molecule has 2 rings (SSSR count). The van der Waals surface area contributed by atoms with E-state index in [0.717, 1.165) is 11.3 Å². The Morgan fingerprint density at radius 2 is 2.17 bits per heavy atom. The molecular formula is C24H36N4O7. The number of esters is 1. The van der Waals surface area contributed by atoms with Crippen LogP contribution in [0, 0.1) is 11.3 Å². The first-order valence-corrected chi connectivity index (χ1v) is 11.7. The average Bonchev–Trinajstić information content (AvgIpc) is 3.21. The van der Waals surface area contributed by atoms with Gasteiger partial charge in [0.2, 0.25) is 0 Å². The molecule has 7 N–H and O–H groups in total. The van der Waals surface area contributed by atoms with E-state index >= 15 is 0 Å². The van der Waals surface area contributed by atoms with E-state index in [-0.39, 0.29) is 43.5 Å². The molecule has 0 aromatic heterocycles. The van der Waals surface area contributed by atoms with Crippen LogP contribution in [-0.4, -0.2) is 50.8 Å². The zero-order valence-corrected chi connectivity index (χ0v) is 20.1. The number of allylic oxidation sites excluding steroid dienone is 5. The van der Waals surface area contributed by atoms with Crippen molar-refractivity contribution < 1.29 is 34.5 Å². The monoisotopic (exact) mass is 492 g/mol. The molecule has 1 heterocycles. The van der Waals surface area contributed by atoms with Gasteiger partial charge in [0, 0.05) is 31.4 Å². The van der Waals surface area contributed by atoms with Crippen molar-refractivity contribution in [2.75, 3.05) is 0 Å². The Morgan fingerprint density at radius 3 is 2.77 bits per heavy atom. The highest BCUT2D eigenvalue weighted by Crippen LogP contribution is 2.36. The topological polar surface area (TPSA) is 188 Å². The number of aliphatic carboxylic acids is 1. The number of aliphatic hydroxyl groups is 2. The summed E-state index contributed by atoms with van der Waals surface area (Å²) in [6.07, 6.45) is 5.77. The van der Waals surface area contributed by atoms with Crippen molar-refractivity contribution in [1.29, 1.82) is 5.41 Å². The molecule has 0 radical (unpaired) electrons. The molecule has 1 aliphatic carbocycles. The standard InChI is InChI=1S/C24H36N4O7/c1-15(19-14-24(35-28-19,12-10-20(29)30)13-11-21(31)32)4-3-5-16(2)34-22(33)17-6-8-18(9-7-17)27-23(25)26/h5,8,17,20,29-30H,1,3-4,6-7,9-14H2,2H3,(H,31,32)(H4,25,26,27)/b16-5+/t17-,24?/m1/s1. The number of nitrogens with one attached hydrogen (secondary N) is 2. The molecule has 0 saturated heterocycles. The lowest BCUT2D eigenvalue weighted by atomic mass is 9.85. The van der Waals surface area contributed by atoms with Gasteiger partial charge in [0.15, 0.2) is 12.2 Å². The van der Waals surface area contributed by atoms with Crippen LogP contribution in [0.2, 0.25) is 0 Å². The Bertz CT molecular complexity index is 910. The third-order valence-corrected chi connectivity index (χ3v) is 6.08. The largest absolute Gasteiger partial charge is 0.481 e. The van der Waals surface area contributed by atoms with Crippen LogP contribution in [0.15, 0.2) is 40.9 Å². The Balaban J connectivity index is 1.81. The van der Waals surface area contributed by atoms with E-state index < -0.39 is 17.9 Å². The summed E-state index contributed by atoms with van der Waals surface area (Å²) in [7, 11) is 0. The smallest absolute Gasteiger partial charge is 0.314 e. The highest BCUT2D eigenvalue weighted by molar-refractivity contribution is 6.00. The number of aliphatic hydroxyl groups excluding tert-OH is 1. The van der Waals surface area contributed by atoms with E-state index in [9.17, 15) is 19.8 Å². The maximum Gasteiger partial charge on any atom is 0.314 e. The van der Waals surface area contributed by atoms with Gasteiger partial charge in [-0.25, -0.2) is 0 Å². The van der Waals surface area contributed by atoms with Crippen LogP contribution in [0.5, 0.6) is 0 Å². The molecule has 11 heteroatoms. The van der Waals surface area contributed by atoms with Gasteiger partial charge >= 0.3 is 11.9 Å². The van der Waals surface area contributed by atoms with Crippen LogP contribution >= 0.6 is 0 Å². The lowest BCUT2D eigenvalue weighted by Crippen LogP contribution is -2.31. The van der Waals surface area contributed by atoms with Crippen molar-refractivity contribution in [2.45, 2.75) is 83.0 Å². The fraction of sp³-hybridized carbons (Fsp3) is 0.583. The lowest BCUT2D eigenvalue weighted by molar-refractivity contribution is -0.144. The number of ether oxygens (including phenoxy) is 1. The summed E-state index contributed by atoms with van der Waals surface area (Å²) >= 11 is 0. The van der Waals surface area contributed by atoms with E-state index in [1.54, 1.807) is 13.0 Å². The minimum Gasteiger partial charge on any atom is -0.481 e. The van der Waals surface area contributed by atoms with Crippen LogP contribution in [0.3, 0.4) is 0 Å². The third-order valence-electron chi connectivity index (χ3n) is 6.08. The van der Waals surface area contributed by atoms with E-state index in [1.165, 1.54) is 0 Å². The second-order valence-electron chi connectivity index (χ2n) is 9.02. The molecule has 194 valence electrons. The maximum absolute atomic E-state index is 12.4. The van der Waals surface area contributed by atoms with Gasteiger partial charge in [0.25, 0.3) is 0 Å². The summed E-state index contributed by atoms with van der Waals surface area (Å²) in [6.45, 7) is 5.77. The number of hydrogen-bond donors (Lipinski definition) is 6. The van der Waals surface area contributed by atoms with E-state index in [4.69, 9.17) is 25.8 Å². The minimum atomic E-state index is -1.51. The minimum absolute atomic E-state index is 0.0491. The number of guanidine groups is 1. The van der Waals surface area contributed by atoms with Gasteiger partial charge in [-0.3, -0.25) is 15.0 Å². The molecule has 0 bridgehead atoms. The first kappa shape index (κ1) is 28.1. The van der Waals surface area contributed by atoms with Crippen molar-refractivity contribution in [1.82, 2.24) is 5.32 Å². The average molecular weight is 493 g/mol. The summed E-state index contributed by atoms with van der Waals surface area (Å²) in [5.74, 6) is -1.12. The van der Waals surface area contributed by atoms with Crippen LogP contribution in [0.4, 0.5) is 0 Å². The first-order chi connectivity index (χ1) is 16.5. The predicted octanol–water partition coefficient (Wildman–Crippen LogP) is 2.41. The Labute approximate surface area is 204 Å². The fourth-order valence-electron chi connectivity index (χ4n) is 4.04. The van der Waals surface area contributed by atoms with Gasteiger partial charge in [-0.2, -0.15) is 0 Å². The number of nitrogens with two attached hydrogens (primary N) is 1. The maximum atomic E-state index is 12.4. The Hall–Kier alpha value is -3.18. The highest BCUT2D eigenvalue weighted by atomic mass is 16.7. The van der Waals surface area contributed by atoms with Crippen LogP contribution < -0.4 is 11.1 Å². The molecule has 0 aromatic carbocycles. The van der Waals surface area contributed by atoms with E-state index in [0.29, 0.717) is 50.0 Å². The second kappa shape index (κ2) is 13.1. The molecule has 35 heavy (non-hydrogen) atoms. The van der Waals surface area contributed by atoms with E-state index in [1.807, 2.05) is 6.08 Å². The molecule has 2 atom stereocenters. The SMILES string of the molecule is C=C(CC/C=C(\C)OC(=O)[C@@H]1CC=C(NC(=N)N)CC1)C1=NOC(CCC(=O)O)(CCC(O)O)C1. The molecule has 0 saturated carbocycles. The zero-order valence-electron chi connectivity index (χ0n) is 20.1. The first-order valence-electron chi connectivity index (χ1n) is 11.7. The molecule has 0 spiro atoms. The molecule has 2 aliphatic rings. The molecule has 1 aliphatic heterocycles. The third kappa shape index (κ3) is 9.53. The number of rotatable bonds is 13. The van der Waals surface area contributed by atoms with Gasteiger partial charge in [0.05, 0.1) is 11.6 Å². The Kier molecular flexibility index (Phi) is 10.5.